The average Bonchev–Trinajstić information content (AvgIpc) is 2.73. The van der Waals surface area contributed by atoms with Crippen LogP contribution in [-0.4, -0.2) is 72.3 Å². The summed E-state index contributed by atoms with van der Waals surface area (Å²) in [4.78, 5) is 43.0. The van der Waals surface area contributed by atoms with E-state index in [0.29, 0.717) is 37.1 Å². The molecule has 166 valence electrons. The fraction of sp³-hybridized carbons (Fsp3) is 0.444. The summed E-state index contributed by atoms with van der Waals surface area (Å²) in [6.45, 7) is 5.19. The van der Waals surface area contributed by atoms with Crippen LogP contribution in [0.1, 0.15) is 13.8 Å². The zero-order valence-electron chi connectivity index (χ0n) is 17.6. The number of carbonyl (C=O) groups excluding carboxylic acids is 2. The molecule has 1 fully saturated rings. The molecule has 0 spiro atoms. The second-order valence-electron chi connectivity index (χ2n) is 6.36. The fourth-order valence-corrected chi connectivity index (χ4v) is 3.62. The summed E-state index contributed by atoms with van der Waals surface area (Å²) in [6.07, 6.45) is 0. The van der Waals surface area contributed by atoms with Crippen molar-refractivity contribution in [3.05, 3.63) is 6.07 Å². The first-order valence-corrected chi connectivity index (χ1v) is 10.2. The smallest absolute Gasteiger partial charge is 0.236 e. The molecule has 0 aliphatic carbocycles. The Morgan fingerprint density at radius 3 is 1.94 bits per heavy atom. The van der Waals surface area contributed by atoms with Crippen LogP contribution in [0.5, 0.6) is 11.8 Å². The Morgan fingerprint density at radius 2 is 1.48 bits per heavy atom. The number of carbonyl (C=O) groups is 2. The second-order valence-corrected chi connectivity index (χ2v) is 7.33. The number of morpholine rings is 1. The number of amides is 2. The third kappa shape index (κ3) is 5.92. The van der Waals surface area contributed by atoms with E-state index >= 15 is 0 Å². The largest absolute Gasteiger partial charge is 0.480 e. The lowest BCUT2D eigenvalue weighted by atomic mass is 10.4. The van der Waals surface area contributed by atoms with E-state index in [0.717, 1.165) is 11.8 Å². The minimum Gasteiger partial charge on any atom is -0.480 e. The molecule has 2 aromatic heterocycles. The van der Waals surface area contributed by atoms with E-state index in [-0.39, 0.29) is 40.4 Å². The van der Waals surface area contributed by atoms with Crippen LogP contribution in [0.2, 0.25) is 0 Å². The van der Waals surface area contributed by atoms with Gasteiger partial charge in [-0.2, -0.15) is 9.97 Å². The Morgan fingerprint density at radius 1 is 0.968 bits per heavy atom. The monoisotopic (exact) mass is 449 g/mol. The summed E-state index contributed by atoms with van der Waals surface area (Å²) >= 11 is 1.08. The van der Waals surface area contributed by atoms with Gasteiger partial charge in [0, 0.05) is 33.0 Å². The Bertz CT molecular complexity index is 909. The first kappa shape index (κ1) is 22.5. The molecule has 0 aromatic carbocycles. The van der Waals surface area contributed by atoms with E-state index in [4.69, 9.17) is 14.2 Å². The van der Waals surface area contributed by atoms with E-state index in [1.165, 1.54) is 34.1 Å². The lowest BCUT2D eigenvalue weighted by Crippen LogP contribution is -2.37. The minimum atomic E-state index is -0.309. The van der Waals surface area contributed by atoms with Gasteiger partial charge in [-0.3, -0.25) is 9.59 Å². The second kappa shape index (κ2) is 10.2. The number of anilines is 3. The number of hydrogen-bond acceptors (Lipinski definition) is 11. The lowest BCUT2D eigenvalue weighted by molar-refractivity contribution is -0.115. The van der Waals surface area contributed by atoms with Crippen LogP contribution in [0.4, 0.5) is 17.6 Å². The summed E-state index contributed by atoms with van der Waals surface area (Å²) in [6, 6.07) is 1.46. The van der Waals surface area contributed by atoms with E-state index in [9.17, 15) is 9.59 Å². The predicted molar refractivity (Wildman–Crippen MR) is 113 cm³/mol. The Balaban J connectivity index is 1.98. The maximum Gasteiger partial charge on any atom is 0.236 e. The van der Waals surface area contributed by atoms with Crippen LogP contribution in [0, 0.1) is 0 Å². The van der Waals surface area contributed by atoms with Crippen molar-refractivity contribution in [2.75, 3.05) is 56.1 Å². The van der Waals surface area contributed by atoms with Crippen molar-refractivity contribution in [3.8, 4) is 11.8 Å². The van der Waals surface area contributed by atoms with Gasteiger partial charge in [0.1, 0.15) is 16.5 Å². The summed E-state index contributed by atoms with van der Waals surface area (Å²) in [7, 11) is 2.98. The van der Waals surface area contributed by atoms with Gasteiger partial charge in [-0.05, 0) is 11.8 Å². The highest BCUT2D eigenvalue weighted by atomic mass is 32.2. The van der Waals surface area contributed by atoms with Gasteiger partial charge in [-0.25, -0.2) is 9.97 Å². The first-order valence-electron chi connectivity index (χ1n) is 9.34. The SMILES string of the molecule is COc1nc(N2CCOCC2)nc(OC)c1Sc1nc(NC(C)=O)cc(NC(C)=O)n1. The molecule has 13 heteroatoms. The van der Waals surface area contributed by atoms with Gasteiger partial charge in [-0.1, -0.05) is 0 Å². The first-order chi connectivity index (χ1) is 14.9. The highest BCUT2D eigenvalue weighted by Crippen LogP contribution is 2.40. The molecule has 0 unspecified atom stereocenters. The molecule has 12 nitrogen and oxygen atoms in total. The number of hydrogen-bond donors (Lipinski definition) is 2. The molecule has 1 aliphatic heterocycles. The summed E-state index contributed by atoms with van der Waals surface area (Å²) < 4.78 is 16.3. The molecule has 0 atom stereocenters. The van der Waals surface area contributed by atoms with Crippen LogP contribution in [0.15, 0.2) is 16.1 Å². The normalized spacial score (nSPS) is 13.5. The minimum absolute atomic E-state index is 0.231. The van der Waals surface area contributed by atoms with Gasteiger partial charge in [0.25, 0.3) is 0 Å². The lowest BCUT2D eigenvalue weighted by Gasteiger charge is -2.27. The van der Waals surface area contributed by atoms with Crippen molar-refractivity contribution in [1.82, 2.24) is 19.9 Å². The molecule has 1 saturated heterocycles. The van der Waals surface area contributed by atoms with E-state index in [1.54, 1.807) is 0 Å². The maximum absolute atomic E-state index is 11.5. The van der Waals surface area contributed by atoms with E-state index < -0.39 is 0 Å². The Labute approximate surface area is 183 Å². The molecule has 2 aromatic rings. The third-order valence-electron chi connectivity index (χ3n) is 3.98. The van der Waals surface area contributed by atoms with Crippen molar-refractivity contribution < 1.29 is 23.8 Å². The number of nitrogens with zero attached hydrogens (tertiary/aromatic N) is 5. The van der Waals surface area contributed by atoms with E-state index in [2.05, 4.69) is 30.6 Å². The maximum atomic E-state index is 11.5. The Kier molecular flexibility index (Phi) is 7.41. The quantitative estimate of drug-likeness (QED) is 0.589. The van der Waals surface area contributed by atoms with Crippen molar-refractivity contribution >= 4 is 41.2 Å². The molecule has 0 radical (unpaired) electrons. The molecular formula is C18H23N7O5S. The number of methoxy groups -OCH3 is 2. The number of rotatable bonds is 7. The van der Waals surface area contributed by atoms with Gasteiger partial charge < -0.3 is 29.7 Å². The van der Waals surface area contributed by atoms with Crippen molar-refractivity contribution in [1.29, 1.82) is 0 Å². The highest BCUT2D eigenvalue weighted by molar-refractivity contribution is 7.99. The van der Waals surface area contributed by atoms with Gasteiger partial charge in [0.15, 0.2) is 5.16 Å². The predicted octanol–water partition coefficient (Wildman–Crippen LogP) is 1.19. The molecule has 0 bridgehead atoms. The van der Waals surface area contributed by atoms with Crippen LogP contribution in [0.3, 0.4) is 0 Å². The topological polar surface area (TPSA) is 141 Å². The van der Waals surface area contributed by atoms with Crippen molar-refractivity contribution in [3.63, 3.8) is 0 Å². The van der Waals surface area contributed by atoms with Crippen LogP contribution in [-0.2, 0) is 14.3 Å². The number of ether oxygens (including phenoxy) is 3. The molecule has 0 saturated carbocycles. The van der Waals surface area contributed by atoms with Gasteiger partial charge in [0.05, 0.1) is 27.4 Å². The zero-order valence-corrected chi connectivity index (χ0v) is 18.4. The standard InChI is InChI=1S/C18H23N7O5S/c1-10(26)19-12-9-13(20-11(2)27)22-18(21-12)31-14-15(28-3)23-17(24-16(14)29-4)25-5-7-30-8-6-25/h9H,5-8H2,1-4H3,(H2,19,20,21,22,26,27). The molecule has 31 heavy (non-hydrogen) atoms. The molecule has 2 amide bonds. The van der Waals surface area contributed by atoms with E-state index in [1.807, 2.05) is 4.90 Å². The summed E-state index contributed by atoms with van der Waals surface area (Å²) in [5.41, 5.74) is 0. The third-order valence-corrected chi connectivity index (χ3v) is 4.90. The molecular weight excluding hydrogens is 426 g/mol. The molecule has 1 aliphatic rings. The number of nitrogens with one attached hydrogen (secondary N) is 2. The molecule has 2 N–H and O–H groups in total. The zero-order chi connectivity index (χ0) is 22.4. The van der Waals surface area contributed by atoms with Gasteiger partial charge in [-0.15, -0.1) is 0 Å². The summed E-state index contributed by atoms with van der Waals surface area (Å²) in [5, 5.41) is 5.40. The van der Waals surface area contributed by atoms with Crippen molar-refractivity contribution in [2.45, 2.75) is 23.9 Å². The van der Waals surface area contributed by atoms with Crippen LogP contribution < -0.4 is 25.0 Å². The molecule has 3 rings (SSSR count). The Hall–Kier alpha value is -3.19. The van der Waals surface area contributed by atoms with Crippen LogP contribution >= 0.6 is 11.8 Å². The average molecular weight is 449 g/mol. The number of aromatic nitrogens is 4. The van der Waals surface area contributed by atoms with Crippen LogP contribution in [0.25, 0.3) is 0 Å². The van der Waals surface area contributed by atoms with Gasteiger partial charge in [0.2, 0.25) is 29.5 Å². The summed E-state index contributed by atoms with van der Waals surface area (Å²) in [5.74, 6) is 0.887. The fourth-order valence-electron chi connectivity index (χ4n) is 2.72. The van der Waals surface area contributed by atoms with Crippen molar-refractivity contribution in [2.24, 2.45) is 0 Å². The molecule has 3 heterocycles. The van der Waals surface area contributed by atoms with Gasteiger partial charge >= 0.3 is 0 Å². The highest BCUT2D eigenvalue weighted by Gasteiger charge is 2.23.